The molecule has 0 saturated carbocycles. The van der Waals surface area contributed by atoms with Crippen molar-refractivity contribution in [1.29, 1.82) is 0 Å². The van der Waals surface area contributed by atoms with Gasteiger partial charge in [0.2, 0.25) is 0 Å². The van der Waals surface area contributed by atoms with Crippen molar-refractivity contribution in [3.05, 3.63) is 64.7 Å². The molecule has 0 aliphatic rings. The minimum atomic E-state index is -4.35. The average Bonchev–Trinajstić information content (AvgIpc) is 2.46. The van der Waals surface area contributed by atoms with Gasteiger partial charge in [0.15, 0.2) is 0 Å². The number of aryl methyl sites for hydroxylation is 2. The molecule has 0 amide bonds. The zero-order chi connectivity index (χ0) is 18.5. The molecule has 0 spiro atoms. The Morgan fingerprint density at radius 2 is 1.33 bits per heavy atom. The molecule has 0 radical (unpaired) electrons. The van der Waals surface area contributed by atoms with E-state index in [0.717, 1.165) is 18.2 Å². The van der Waals surface area contributed by atoms with Crippen molar-refractivity contribution in [3.8, 4) is 5.75 Å². The maximum absolute atomic E-state index is 12.3. The van der Waals surface area contributed by atoms with E-state index in [-0.39, 0.29) is 5.75 Å². The summed E-state index contributed by atoms with van der Waals surface area (Å²) in [6, 6.07) is 9.19. The Labute approximate surface area is 135 Å². The molecule has 0 aliphatic heterocycles. The highest BCUT2D eigenvalue weighted by Gasteiger charge is 2.34. The van der Waals surface area contributed by atoms with Crippen LogP contribution in [-0.2, 0) is 12.4 Å². The summed E-state index contributed by atoms with van der Waals surface area (Å²) in [5.41, 5.74) is -0.125. The van der Waals surface area contributed by atoms with Gasteiger partial charge in [0.05, 0.1) is 18.2 Å². The van der Waals surface area contributed by atoms with Gasteiger partial charge in [0.25, 0.3) is 0 Å². The molecular formula is C17H16F6O. The van der Waals surface area contributed by atoms with E-state index in [2.05, 4.69) is 4.74 Å². The zero-order valence-electron chi connectivity index (χ0n) is 13.2. The number of alkyl halides is 6. The second-order valence-corrected chi connectivity index (χ2v) is 5.07. The monoisotopic (exact) mass is 350 g/mol. The summed E-state index contributed by atoms with van der Waals surface area (Å²) >= 11 is 0. The largest absolute Gasteiger partial charge is 0.496 e. The number of halogens is 6. The third kappa shape index (κ3) is 5.79. The van der Waals surface area contributed by atoms with Gasteiger partial charge in [-0.2, -0.15) is 26.3 Å². The second-order valence-electron chi connectivity index (χ2n) is 5.07. The van der Waals surface area contributed by atoms with Crippen molar-refractivity contribution in [2.45, 2.75) is 26.2 Å². The maximum Gasteiger partial charge on any atom is 0.419 e. The SMILES string of the molecule is COc1ccc(C)cc1C(F)(F)F.Cc1cccc(C(F)(F)F)c1. The highest BCUT2D eigenvalue weighted by atomic mass is 19.4. The highest BCUT2D eigenvalue weighted by Crippen LogP contribution is 2.36. The Morgan fingerprint density at radius 1 is 0.750 bits per heavy atom. The first-order valence-corrected chi connectivity index (χ1v) is 6.81. The lowest BCUT2D eigenvalue weighted by molar-refractivity contribution is -0.139. The number of rotatable bonds is 1. The third-order valence-corrected chi connectivity index (χ3v) is 3.01. The van der Waals surface area contributed by atoms with Crippen LogP contribution in [0.4, 0.5) is 26.3 Å². The molecule has 2 rings (SSSR count). The molecule has 7 heteroatoms. The lowest BCUT2D eigenvalue weighted by atomic mass is 10.1. The zero-order valence-corrected chi connectivity index (χ0v) is 13.2. The van der Waals surface area contributed by atoms with Crippen LogP contribution in [0.1, 0.15) is 22.3 Å². The molecule has 0 aromatic heterocycles. The molecule has 132 valence electrons. The fourth-order valence-corrected chi connectivity index (χ4v) is 1.86. The Bertz CT molecular complexity index is 674. The molecule has 0 N–H and O–H groups in total. The fraction of sp³-hybridized carbons (Fsp3) is 0.294. The van der Waals surface area contributed by atoms with E-state index in [1.165, 1.54) is 19.2 Å². The highest BCUT2D eigenvalue weighted by molar-refractivity contribution is 5.38. The van der Waals surface area contributed by atoms with Gasteiger partial charge in [0.1, 0.15) is 5.75 Å². The number of hydrogen-bond acceptors (Lipinski definition) is 1. The molecule has 0 aliphatic carbocycles. The van der Waals surface area contributed by atoms with Gasteiger partial charge < -0.3 is 4.74 Å². The van der Waals surface area contributed by atoms with E-state index >= 15 is 0 Å². The van der Waals surface area contributed by atoms with Crippen LogP contribution in [0.2, 0.25) is 0 Å². The predicted molar refractivity (Wildman–Crippen MR) is 78.9 cm³/mol. The van der Waals surface area contributed by atoms with Crippen LogP contribution in [0.25, 0.3) is 0 Å². The van der Waals surface area contributed by atoms with Gasteiger partial charge in [0, 0.05) is 0 Å². The van der Waals surface area contributed by atoms with Crippen LogP contribution in [-0.4, -0.2) is 7.11 Å². The van der Waals surface area contributed by atoms with Gasteiger partial charge >= 0.3 is 12.4 Å². The summed E-state index contributed by atoms with van der Waals surface area (Å²) in [4.78, 5) is 0. The van der Waals surface area contributed by atoms with Crippen LogP contribution in [0.5, 0.6) is 5.75 Å². The van der Waals surface area contributed by atoms with E-state index in [4.69, 9.17) is 0 Å². The van der Waals surface area contributed by atoms with Crippen LogP contribution in [0.3, 0.4) is 0 Å². The van der Waals surface area contributed by atoms with E-state index in [9.17, 15) is 26.3 Å². The Morgan fingerprint density at radius 3 is 1.75 bits per heavy atom. The van der Waals surface area contributed by atoms with Crippen molar-refractivity contribution in [1.82, 2.24) is 0 Å². The molecule has 2 aromatic rings. The van der Waals surface area contributed by atoms with E-state index in [1.807, 2.05) is 0 Å². The third-order valence-electron chi connectivity index (χ3n) is 3.01. The molecule has 0 saturated heterocycles. The first-order chi connectivity index (χ1) is 10.9. The topological polar surface area (TPSA) is 9.23 Å². The predicted octanol–water partition coefficient (Wildman–Crippen LogP) is 6.04. The maximum atomic E-state index is 12.3. The summed E-state index contributed by atoms with van der Waals surface area (Å²) in [6.07, 6.45) is -8.57. The summed E-state index contributed by atoms with van der Waals surface area (Å²) in [5.74, 6) is -0.141. The van der Waals surface area contributed by atoms with Crippen molar-refractivity contribution in [3.63, 3.8) is 0 Å². The lowest BCUT2D eigenvalue weighted by Gasteiger charge is -2.11. The summed E-state index contributed by atoms with van der Waals surface area (Å²) in [6.45, 7) is 3.24. The minimum Gasteiger partial charge on any atom is -0.496 e. The lowest BCUT2D eigenvalue weighted by Crippen LogP contribution is -2.07. The van der Waals surface area contributed by atoms with Crippen molar-refractivity contribution < 1.29 is 31.1 Å². The van der Waals surface area contributed by atoms with Crippen molar-refractivity contribution in [2.75, 3.05) is 7.11 Å². The number of ether oxygens (including phenoxy) is 1. The summed E-state index contributed by atoms with van der Waals surface area (Å²) < 4.78 is 77.5. The molecule has 0 heterocycles. The number of benzene rings is 2. The molecule has 0 unspecified atom stereocenters. The van der Waals surface area contributed by atoms with Gasteiger partial charge in [-0.15, -0.1) is 0 Å². The molecule has 0 atom stereocenters. The molecular weight excluding hydrogens is 334 g/mol. The van der Waals surface area contributed by atoms with E-state index in [1.54, 1.807) is 26.0 Å². The number of hydrogen-bond donors (Lipinski definition) is 0. The Balaban J connectivity index is 0.000000243. The van der Waals surface area contributed by atoms with Gasteiger partial charge in [-0.05, 0) is 32.0 Å². The molecule has 24 heavy (non-hydrogen) atoms. The minimum absolute atomic E-state index is 0.141. The molecule has 0 fully saturated rings. The van der Waals surface area contributed by atoms with Crippen LogP contribution >= 0.6 is 0 Å². The summed E-state index contributed by atoms with van der Waals surface area (Å²) in [5, 5.41) is 0. The van der Waals surface area contributed by atoms with Gasteiger partial charge in [-0.25, -0.2) is 0 Å². The first-order valence-electron chi connectivity index (χ1n) is 6.81. The van der Waals surface area contributed by atoms with Crippen LogP contribution < -0.4 is 4.74 Å². The summed E-state index contributed by atoms with van der Waals surface area (Å²) in [7, 11) is 1.22. The normalized spacial score (nSPS) is 11.5. The Hall–Kier alpha value is -2.18. The smallest absolute Gasteiger partial charge is 0.419 e. The molecule has 0 bridgehead atoms. The van der Waals surface area contributed by atoms with E-state index < -0.39 is 23.5 Å². The fourth-order valence-electron chi connectivity index (χ4n) is 1.86. The molecule has 2 aromatic carbocycles. The number of methoxy groups -OCH3 is 1. The van der Waals surface area contributed by atoms with Gasteiger partial charge in [-0.1, -0.05) is 35.4 Å². The van der Waals surface area contributed by atoms with E-state index in [0.29, 0.717) is 11.1 Å². The van der Waals surface area contributed by atoms with Crippen molar-refractivity contribution in [2.24, 2.45) is 0 Å². The second kappa shape index (κ2) is 7.59. The average molecular weight is 350 g/mol. The van der Waals surface area contributed by atoms with Crippen LogP contribution in [0.15, 0.2) is 42.5 Å². The molecule has 1 nitrogen and oxygen atoms in total. The van der Waals surface area contributed by atoms with Crippen molar-refractivity contribution >= 4 is 0 Å². The Kier molecular flexibility index (Phi) is 6.29. The standard InChI is InChI=1S/C9H9F3O.C8H7F3/c1-6-3-4-8(13-2)7(5-6)9(10,11)12;1-6-3-2-4-7(5-6)8(9,10)11/h3-5H,1-2H3;2-5H,1H3. The van der Waals surface area contributed by atoms with Crippen LogP contribution in [0, 0.1) is 13.8 Å². The van der Waals surface area contributed by atoms with Gasteiger partial charge in [-0.3, -0.25) is 0 Å². The quantitative estimate of drug-likeness (QED) is 0.570. The first kappa shape index (κ1) is 19.9.